The molecule has 0 spiro atoms. The number of carbonyl (C=O) groups is 1. The van der Waals surface area contributed by atoms with E-state index in [1.165, 1.54) is 0 Å². The summed E-state index contributed by atoms with van der Waals surface area (Å²) in [6.45, 7) is 0.479. The first-order chi connectivity index (χ1) is 8.29. The number of methoxy groups -OCH3 is 1. The SMILES string of the molecule is COCCC(=O)Cc1ccc2ccccc2n1. The highest BCUT2D eigenvalue weighted by atomic mass is 16.5. The molecule has 0 N–H and O–H groups in total. The Kier molecular flexibility index (Phi) is 3.83. The van der Waals surface area contributed by atoms with E-state index < -0.39 is 0 Å². The minimum atomic E-state index is 0.162. The molecule has 0 saturated carbocycles. The number of fused-ring (bicyclic) bond motifs is 1. The Labute approximate surface area is 100 Å². The molecule has 3 nitrogen and oxygen atoms in total. The third-order valence-electron chi connectivity index (χ3n) is 2.62. The van der Waals surface area contributed by atoms with Crippen LogP contribution in [0.3, 0.4) is 0 Å². The van der Waals surface area contributed by atoms with Gasteiger partial charge >= 0.3 is 0 Å². The van der Waals surface area contributed by atoms with Gasteiger partial charge in [0.05, 0.1) is 12.1 Å². The third-order valence-corrected chi connectivity index (χ3v) is 2.62. The summed E-state index contributed by atoms with van der Waals surface area (Å²) in [5.41, 5.74) is 1.76. The number of Topliss-reactive ketones (excluding diaryl/α,β-unsaturated/α-hetero) is 1. The Bertz CT molecular complexity index is 522. The zero-order chi connectivity index (χ0) is 12.1. The van der Waals surface area contributed by atoms with Crippen molar-refractivity contribution in [1.29, 1.82) is 0 Å². The Morgan fingerprint density at radius 1 is 1.24 bits per heavy atom. The molecule has 88 valence electrons. The predicted octanol–water partition coefficient (Wildman–Crippen LogP) is 2.38. The van der Waals surface area contributed by atoms with E-state index in [9.17, 15) is 4.79 Å². The number of hydrogen-bond acceptors (Lipinski definition) is 3. The van der Waals surface area contributed by atoms with Crippen molar-refractivity contribution in [3.05, 3.63) is 42.1 Å². The molecule has 0 atom stereocenters. The summed E-state index contributed by atoms with van der Waals surface area (Å²) in [5.74, 6) is 0.162. The Hall–Kier alpha value is -1.74. The molecule has 1 aromatic carbocycles. The summed E-state index contributed by atoms with van der Waals surface area (Å²) in [7, 11) is 1.60. The Morgan fingerprint density at radius 3 is 2.88 bits per heavy atom. The van der Waals surface area contributed by atoms with E-state index >= 15 is 0 Å². The minimum absolute atomic E-state index is 0.162. The molecule has 2 aromatic rings. The average molecular weight is 229 g/mol. The fourth-order valence-electron chi connectivity index (χ4n) is 1.71. The van der Waals surface area contributed by atoms with E-state index in [0.29, 0.717) is 19.4 Å². The van der Waals surface area contributed by atoms with Gasteiger partial charge in [-0.3, -0.25) is 9.78 Å². The smallest absolute Gasteiger partial charge is 0.141 e. The summed E-state index contributed by atoms with van der Waals surface area (Å²) in [6.07, 6.45) is 0.833. The van der Waals surface area contributed by atoms with Crippen LogP contribution < -0.4 is 0 Å². The van der Waals surface area contributed by atoms with E-state index in [4.69, 9.17) is 4.74 Å². The molecule has 1 aromatic heterocycles. The van der Waals surface area contributed by atoms with Gasteiger partial charge in [0, 0.05) is 31.0 Å². The van der Waals surface area contributed by atoms with Crippen LogP contribution in [0.2, 0.25) is 0 Å². The summed E-state index contributed by atoms with van der Waals surface area (Å²) in [5, 5.41) is 1.10. The molecule has 0 fully saturated rings. The largest absolute Gasteiger partial charge is 0.384 e. The zero-order valence-electron chi connectivity index (χ0n) is 9.85. The van der Waals surface area contributed by atoms with Gasteiger partial charge in [-0.1, -0.05) is 24.3 Å². The van der Waals surface area contributed by atoms with Gasteiger partial charge < -0.3 is 4.74 Å². The first-order valence-electron chi connectivity index (χ1n) is 5.65. The lowest BCUT2D eigenvalue weighted by Gasteiger charge is -2.02. The van der Waals surface area contributed by atoms with Crippen molar-refractivity contribution in [2.75, 3.05) is 13.7 Å². The molecule has 0 aliphatic carbocycles. The standard InChI is InChI=1S/C14H15NO2/c1-17-9-8-13(16)10-12-7-6-11-4-2-3-5-14(11)15-12/h2-7H,8-10H2,1H3. The molecular formula is C14H15NO2. The van der Waals surface area contributed by atoms with Crippen molar-refractivity contribution < 1.29 is 9.53 Å². The number of pyridine rings is 1. The van der Waals surface area contributed by atoms with Crippen molar-refractivity contribution in [3.63, 3.8) is 0 Å². The van der Waals surface area contributed by atoms with Gasteiger partial charge in [0.1, 0.15) is 5.78 Å². The van der Waals surface area contributed by atoms with Gasteiger partial charge in [-0.05, 0) is 12.1 Å². The first kappa shape index (κ1) is 11.7. The lowest BCUT2D eigenvalue weighted by molar-refractivity contribution is -0.119. The Morgan fingerprint density at radius 2 is 2.06 bits per heavy atom. The van der Waals surface area contributed by atoms with Crippen LogP contribution in [0.5, 0.6) is 0 Å². The minimum Gasteiger partial charge on any atom is -0.384 e. The Balaban J connectivity index is 2.11. The molecule has 3 heteroatoms. The number of hydrogen-bond donors (Lipinski definition) is 0. The molecule has 17 heavy (non-hydrogen) atoms. The van der Waals surface area contributed by atoms with Gasteiger partial charge in [0.2, 0.25) is 0 Å². The molecule has 2 rings (SSSR count). The lowest BCUT2D eigenvalue weighted by Crippen LogP contribution is -2.07. The van der Waals surface area contributed by atoms with E-state index in [2.05, 4.69) is 4.98 Å². The van der Waals surface area contributed by atoms with Crippen LogP contribution in [0.15, 0.2) is 36.4 Å². The van der Waals surface area contributed by atoms with Crippen LogP contribution >= 0.6 is 0 Å². The number of rotatable bonds is 5. The molecule has 1 heterocycles. The molecule has 0 radical (unpaired) electrons. The van der Waals surface area contributed by atoms with Gasteiger partial charge in [0.15, 0.2) is 0 Å². The number of carbonyl (C=O) groups excluding carboxylic acids is 1. The predicted molar refractivity (Wildman–Crippen MR) is 66.9 cm³/mol. The van der Waals surface area contributed by atoms with Crippen LogP contribution in [-0.4, -0.2) is 24.5 Å². The second-order valence-electron chi connectivity index (χ2n) is 3.95. The van der Waals surface area contributed by atoms with E-state index in [0.717, 1.165) is 16.6 Å². The third kappa shape index (κ3) is 3.11. The lowest BCUT2D eigenvalue weighted by atomic mass is 10.1. The zero-order valence-corrected chi connectivity index (χ0v) is 9.85. The highest BCUT2D eigenvalue weighted by Gasteiger charge is 2.05. The number of nitrogens with zero attached hydrogens (tertiary/aromatic N) is 1. The maximum Gasteiger partial charge on any atom is 0.141 e. The number of ether oxygens (including phenoxy) is 1. The van der Waals surface area contributed by atoms with Crippen LogP contribution in [0.1, 0.15) is 12.1 Å². The summed E-state index contributed by atoms with van der Waals surface area (Å²) >= 11 is 0. The normalized spacial score (nSPS) is 10.6. The van der Waals surface area contributed by atoms with Crippen molar-refractivity contribution in [3.8, 4) is 0 Å². The number of aromatic nitrogens is 1. The summed E-state index contributed by atoms with van der Waals surface area (Å²) in [6, 6.07) is 11.8. The fourth-order valence-corrected chi connectivity index (χ4v) is 1.71. The first-order valence-corrected chi connectivity index (χ1v) is 5.65. The highest BCUT2D eigenvalue weighted by Crippen LogP contribution is 2.12. The molecule has 0 aliphatic rings. The highest BCUT2D eigenvalue weighted by molar-refractivity contribution is 5.82. The maximum atomic E-state index is 11.6. The van der Waals surface area contributed by atoms with Crippen molar-refractivity contribution in [2.45, 2.75) is 12.8 Å². The monoisotopic (exact) mass is 229 g/mol. The molecule has 0 aliphatic heterocycles. The fraction of sp³-hybridized carbons (Fsp3) is 0.286. The van der Waals surface area contributed by atoms with Crippen molar-refractivity contribution in [1.82, 2.24) is 4.98 Å². The quantitative estimate of drug-likeness (QED) is 0.790. The van der Waals surface area contributed by atoms with Crippen LogP contribution in [0.25, 0.3) is 10.9 Å². The average Bonchev–Trinajstić information content (AvgIpc) is 2.36. The number of ketones is 1. The molecule has 0 unspecified atom stereocenters. The van der Waals surface area contributed by atoms with Crippen LogP contribution in [0.4, 0.5) is 0 Å². The van der Waals surface area contributed by atoms with E-state index in [1.54, 1.807) is 7.11 Å². The molecule has 0 saturated heterocycles. The van der Waals surface area contributed by atoms with E-state index in [-0.39, 0.29) is 5.78 Å². The van der Waals surface area contributed by atoms with Crippen LogP contribution in [0, 0.1) is 0 Å². The van der Waals surface area contributed by atoms with Gasteiger partial charge in [-0.15, -0.1) is 0 Å². The van der Waals surface area contributed by atoms with Gasteiger partial charge in [-0.25, -0.2) is 0 Å². The topological polar surface area (TPSA) is 39.2 Å². The summed E-state index contributed by atoms with van der Waals surface area (Å²) in [4.78, 5) is 16.0. The number of para-hydroxylation sites is 1. The maximum absolute atomic E-state index is 11.6. The van der Waals surface area contributed by atoms with Crippen molar-refractivity contribution in [2.24, 2.45) is 0 Å². The number of benzene rings is 1. The second kappa shape index (κ2) is 5.55. The van der Waals surface area contributed by atoms with E-state index in [1.807, 2.05) is 36.4 Å². The second-order valence-corrected chi connectivity index (χ2v) is 3.95. The van der Waals surface area contributed by atoms with Gasteiger partial charge in [-0.2, -0.15) is 0 Å². The molecule has 0 amide bonds. The molecular weight excluding hydrogens is 214 g/mol. The van der Waals surface area contributed by atoms with Crippen molar-refractivity contribution >= 4 is 16.7 Å². The van der Waals surface area contributed by atoms with Gasteiger partial charge in [0.25, 0.3) is 0 Å². The summed E-state index contributed by atoms with van der Waals surface area (Å²) < 4.78 is 4.88. The van der Waals surface area contributed by atoms with Crippen LogP contribution in [-0.2, 0) is 16.0 Å². The molecule has 0 bridgehead atoms.